The zero-order valence-electron chi connectivity index (χ0n) is 10.5. The number of hydrogen-bond acceptors (Lipinski definition) is 3. The van der Waals surface area contributed by atoms with Gasteiger partial charge < -0.3 is 14.2 Å². The summed E-state index contributed by atoms with van der Waals surface area (Å²) in [5.41, 5.74) is 0. The van der Waals surface area contributed by atoms with Gasteiger partial charge in [-0.25, -0.2) is 0 Å². The molecule has 0 saturated carbocycles. The second-order valence-electron chi connectivity index (χ2n) is 4.55. The van der Waals surface area contributed by atoms with Crippen molar-refractivity contribution in [3.63, 3.8) is 0 Å². The van der Waals surface area contributed by atoms with Crippen LogP contribution in [-0.4, -0.2) is 13.9 Å². The number of ether oxygens (including phenoxy) is 3. The molecule has 0 saturated heterocycles. The fourth-order valence-corrected chi connectivity index (χ4v) is 2.62. The van der Waals surface area contributed by atoms with Gasteiger partial charge in [0.15, 0.2) is 11.5 Å². The molecule has 1 heterocycles. The Morgan fingerprint density at radius 1 is 0.947 bits per heavy atom. The molecule has 3 aromatic carbocycles. The molecule has 0 fully saturated rings. The van der Waals surface area contributed by atoms with Crippen molar-refractivity contribution in [3.05, 3.63) is 42.5 Å². The standard InChI is InChI=1S/C16H12O3/c1-17-12-5-6-13-11(8-12)3-2-10-4-7-14-16(15(10)13)19-9-18-14/h2-8H,9H2,1H3. The van der Waals surface area contributed by atoms with E-state index in [4.69, 9.17) is 14.2 Å². The summed E-state index contributed by atoms with van der Waals surface area (Å²) in [5, 5.41) is 4.55. The molecule has 3 aromatic rings. The lowest BCUT2D eigenvalue weighted by Gasteiger charge is -2.08. The quantitative estimate of drug-likeness (QED) is 0.618. The molecule has 0 spiro atoms. The molecule has 0 atom stereocenters. The molecule has 94 valence electrons. The molecule has 0 amide bonds. The summed E-state index contributed by atoms with van der Waals surface area (Å²) in [4.78, 5) is 0. The van der Waals surface area contributed by atoms with Crippen molar-refractivity contribution in [1.29, 1.82) is 0 Å². The SMILES string of the molecule is COc1ccc2c(ccc3ccc4c(c32)OCO4)c1. The Hall–Kier alpha value is -2.42. The average molecular weight is 252 g/mol. The van der Waals surface area contributed by atoms with E-state index in [9.17, 15) is 0 Å². The van der Waals surface area contributed by atoms with Gasteiger partial charge in [0, 0.05) is 5.39 Å². The Morgan fingerprint density at radius 2 is 1.79 bits per heavy atom. The molecule has 0 unspecified atom stereocenters. The van der Waals surface area contributed by atoms with Crippen molar-refractivity contribution in [2.24, 2.45) is 0 Å². The normalized spacial score (nSPS) is 13.1. The van der Waals surface area contributed by atoms with Gasteiger partial charge >= 0.3 is 0 Å². The summed E-state index contributed by atoms with van der Waals surface area (Å²) in [5.74, 6) is 2.51. The summed E-state index contributed by atoms with van der Waals surface area (Å²) >= 11 is 0. The van der Waals surface area contributed by atoms with Crippen LogP contribution < -0.4 is 14.2 Å². The van der Waals surface area contributed by atoms with E-state index < -0.39 is 0 Å². The van der Waals surface area contributed by atoms with Crippen molar-refractivity contribution in [1.82, 2.24) is 0 Å². The summed E-state index contributed by atoms with van der Waals surface area (Å²) in [7, 11) is 1.68. The highest BCUT2D eigenvalue weighted by Gasteiger charge is 2.18. The minimum absolute atomic E-state index is 0.293. The van der Waals surface area contributed by atoms with Crippen LogP contribution >= 0.6 is 0 Å². The first kappa shape index (κ1) is 10.5. The minimum Gasteiger partial charge on any atom is -0.497 e. The third-order valence-electron chi connectivity index (χ3n) is 3.54. The Bertz CT molecular complexity index is 793. The molecule has 19 heavy (non-hydrogen) atoms. The fraction of sp³-hybridized carbons (Fsp3) is 0.125. The van der Waals surface area contributed by atoms with Crippen LogP contribution in [0.3, 0.4) is 0 Å². The van der Waals surface area contributed by atoms with E-state index in [0.717, 1.165) is 38.8 Å². The van der Waals surface area contributed by atoms with Crippen LogP contribution in [0.15, 0.2) is 42.5 Å². The van der Waals surface area contributed by atoms with E-state index in [1.54, 1.807) is 7.11 Å². The maximum Gasteiger partial charge on any atom is 0.231 e. The highest BCUT2D eigenvalue weighted by molar-refractivity contribution is 6.11. The van der Waals surface area contributed by atoms with Gasteiger partial charge in [0.2, 0.25) is 6.79 Å². The van der Waals surface area contributed by atoms with Crippen LogP contribution in [-0.2, 0) is 0 Å². The van der Waals surface area contributed by atoms with Gasteiger partial charge in [-0.2, -0.15) is 0 Å². The zero-order chi connectivity index (χ0) is 12.8. The number of rotatable bonds is 1. The summed E-state index contributed by atoms with van der Waals surface area (Å²) in [6.45, 7) is 0.293. The van der Waals surface area contributed by atoms with E-state index in [-0.39, 0.29) is 0 Å². The maximum atomic E-state index is 5.62. The van der Waals surface area contributed by atoms with E-state index in [0.29, 0.717) is 6.79 Å². The van der Waals surface area contributed by atoms with Gasteiger partial charge in [-0.1, -0.05) is 18.2 Å². The number of benzene rings is 3. The van der Waals surface area contributed by atoms with Crippen LogP contribution in [0, 0.1) is 0 Å². The minimum atomic E-state index is 0.293. The molecule has 1 aliphatic rings. The topological polar surface area (TPSA) is 27.7 Å². The molecular formula is C16H12O3. The second kappa shape index (κ2) is 3.79. The monoisotopic (exact) mass is 252 g/mol. The first-order valence-electron chi connectivity index (χ1n) is 6.16. The molecule has 4 rings (SSSR count). The summed E-state index contributed by atoms with van der Waals surface area (Å²) < 4.78 is 16.3. The van der Waals surface area contributed by atoms with Gasteiger partial charge in [-0.15, -0.1) is 0 Å². The fourth-order valence-electron chi connectivity index (χ4n) is 2.62. The Morgan fingerprint density at radius 3 is 2.68 bits per heavy atom. The van der Waals surface area contributed by atoms with E-state index in [2.05, 4.69) is 24.3 Å². The molecular weight excluding hydrogens is 240 g/mol. The van der Waals surface area contributed by atoms with Crippen molar-refractivity contribution in [2.45, 2.75) is 0 Å². The van der Waals surface area contributed by atoms with Crippen molar-refractivity contribution < 1.29 is 14.2 Å². The van der Waals surface area contributed by atoms with E-state index in [1.807, 2.05) is 18.2 Å². The van der Waals surface area contributed by atoms with Crippen LogP contribution in [0.1, 0.15) is 0 Å². The Kier molecular flexibility index (Phi) is 2.09. The second-order valence-corrected chi connectivity index (χ2v) is 4.55. The molecule has 0 aliphatic carbocycles. The van der Waals surface area contributed by atoms with Crippen molar-refractivity contribution in [2.75, 3.05) is 13.9 Å². The molecule has 0 bridgehead atoms. The molecule has 0 aromatic heterocycles. The Labute approximate surface area is 110 Å². The highest BCUT2D eigenvalue weighted by Crippen LogP contribution is 2.42. The smallest absolute Gasteiger partial charge is 0.231 e. The van der Waals surface area contributed by atoms with Gasteiger partial charge in [0.05, 0.1) is 7.11 Å². The highest BCUT2D eigenvalue weighted by atomic mass is 16.7. The lowest BCUT2D eigenvalue weighted by molar-refractivity contribution is 0.175. The average Bonchev–Trinajstić information content (AvgIpc) is 2.94. The first-order valence-corrected chi connectivity index (χ1v) is 6.16. The number of fused-ring (bicyclic) bond motifs is 5. The third-order valence-corrected chi connectivity index (χ3v) is 3.54. The summed E-state index contributed by atoms with van der Waals surface area (Å²) in [6.07, 6.45) is 0. The van der Waals surface area contributed by atoms with Crippen LogP contribution in [0.5, 0.6) is 17.2 Å². The summed E-state index contributed by atoms with van der Waals surface area (Å²) in [6, 6.07) is 14.3. The number of methoxy groups -OCH3 is 1. The lowest BCUT2D eigenvalue weighted by Crippen LogP contribution is -1.93. The van der Waals surface area contributed by atoms with Crippen molar-refractivity contribution >= 4 is 21.5 Å². The molecule has 3 heteroatoms. The van der Waals surface area contributed by atoms with Crippen LogP contribution in [0.25, 0.3) is 21.5 Å². The Balaban J connectivity index is 2.15. The van der Waals surface area contributed by atoms with Crippen molar-refractivity contribution in [3.8, 4) is 17.2 Å². The third kappa shape index (κ3) is 1.45. The van der Waals surface area contributed by atoms with E-state index in [1.165, 1.54) is 0 Å². The van der Waals surface area contributed by atoms with E-state index >= 15 is 0 Å². The number of hydrogen-bond donors (Lipinski definition) is 0. The predicted molar refractivity (Wildman–Crippen MR) is 74.1 cm³/mol. The van der Waals surface area contributed by atoms with Gasteiger partial charge in [0.25, 0.3) is 0 Å². The first-order chi connectivity index (χ1) is 9.36. The zero-order valence-corrected chi connectivity index (χ0v) is 10.5. The molecule has 1 aliphatic heterocycles. The van der Waals surface area contributed by atoms with Crippen LogP contribution in [0.2, 0.25) is 0 Å². The van der Waals surface area contributed by atoms with Gasteiger partial charge in [-0.05, 0) is 40.4 Å². The van der Waals surface area contributed by atoms with Gasteiger partial charge in [-0.3, -0.25) is 0 Å². The largest absolute Gasteiger partial charge is 0.497 e. The predicted octanol–water partition coefficient (Wildman–Crippen LogP) is 3.73. The molecule has 0 radical (unpaired) electrons. The molecule has 3 nitrogen and oxygen atoms in total. The lowest BCUT2D eigenvalue weighted by atomic mass is 10.0. The molecule has 0 N–H and O–H groups in total. The van der Waals surface area contributed by atoms with Gasteiger partial charge in [0.1, 0.15) is 5.75 Å². The van der Waals surface area contributed by atoms with Crippen LogP contribution in [0.4, 0.5) is 0 Å². The maximum absolute atomic E-state index is 5.62.